The normalized spacial score (nSPS) is 16.5. The van der Waals surface area contributed by atoms with E-state index in [1.54, 1.807) is 6.33 Å². The molecule has 0 amide bonds. The second kappa shape index (κ2) is 8.04. The number of fused-ring (bicyclic) bond motifs is 1. The molecule has 0 saturated carbocycles. The van der Waals surface area contributed by atoms with Crippen LogP contribution in [0.2, 0.25) is 0 Å². The number of H-pyrrole nitrogens is 1. The highest BCUT2D eigenvalue weighted by Gasteiger charge is 1.95. The predicted molar refractivity (Wildman–Crippen MR) is 67.8 cm³/mol. The Morgan fingerprint density at radius 2 is 1.87 bits per heavy atom. The summed E-state index contributed by atoms with van der Waals surface area (Å²) in [6.07, 6.45) is 10.1. The molecule has 1 aliphatic carbocycles. The molecule has 0 bridgehead atoms. The largest absolute Gasteiger partial charge is 0.345 e. The number of rotatable bonds is 0. The van der Waals surface area contributed by atoms with Crippen molar-refractivity contribution >= 4 is 12.2 Å². The van der Waals surface area contributed by atoms with Crippen molar-refractivity contribution in [2.75, 3.05) is 0 Å². The average molecular weight is 206 g/mol. The lowest BCUT2D eigenvalue weighted by Crippen LogP contribution is -2.23. The standard InChI is InChI=1S/C9H10N2.2C2H6/c1-7-3-2-4-8-9(5-7)11-6-10-8;2*1-2/h2-7H,1H3,(H,10,11);2*1-2H3. The number of hydrogen-bond acceptors (Lipinski definition) is 1. The number of nitrogens with zero attached hydrogens (tertiary/aromatic N) is 1. The van der Waals surface area contributed by atoms with Crippen LogP contribution in [0, 0.1) is 5.92 Å². The van der Waals surface area contributed by atoms with E-state index < -0.39 is 0 Å². The summed E-state index contributed by atoms with van der Waals surface area (Å²) in [5.41, 5.74) is 0. The van der Waals surface area contributed by atoms with Crippen molar-refractivity contribution in [3.05, 3.63) is 29.2 Å². The van der Waals surface area contributed by atoms with Crippen LogP contribution in [0.4, 0.5) is 0 Å². The summed E-state index contributed by atoms with van der Waals surface area (Å²) in [6, 6.07) is 0. The first-order valence-electron chi connectivity index (χ1n) is 5.76. The Morgan fingerprint density at radius 1 is 1.20 bits per heavy atom. The van der Waals surface area contributed by atoms with Crippen molar-refractivity contribution in [2.45, 2.75) is 34.6 Å². The van der Waals surface area contributed by atoms with E-state index >= 15 is 0 Å². The molecule has 0 saturated heterocycles. The Hall–Kier alpha value is -1.31. The molecular weight excluding hydrogens is 184 g/mol. The summed E-state index contributed by atoms with van der Waals surface area (Å²) >= 11 is 0. The monoisotopic (exact) mass is 206 g/mol. The van der Waals surface area contributed by atoms with E-state index in [9.17, 15) is 0 Å². The molecule has 2 nitrogen and oxygen atoms in total. The maximum Gasteiger partial charge on any atom is 0.0931 e. The van der Waals surface area contributed by atoms with Gasteiger partial charge in [0.25, 0.3) is 0 Å². The zero-order valence-corrected chi connectivity index (χ0v) is 10.4. The Morgan fingerprint density at radius 3 is 2.53 bits per heavy atom. The number of hydrogen-bond donors (Lipinski definition) is 1. The minimum absolute atomic E-state index is 0.482. The van der Waals surface area contributed by atoms with Gasteiger partial charge in [-0.05, 0) is 18.1 Å². The Bertz CT molecular complexity index is 385. The molecule has 1 heterocycles. The van der Waals surface area contributed by atoms with E-state index in [0.717, 1.165) is 10.7 Å². The summed E-state index contributed by atoms with van der Waals surface area (Å²) in [7, 11) is 0. The van der Waals surface area contributed by atoms with Gasteiger partial charge in [0.15, 0.2) is 0 Å². The summed E-state index contributed by atoms with van der Waals surface area (Å²) < 4.78 is 0. The summed E-state index contributed by atoms with van der Waals surface area (Å²) in [5.74, 6) is 0.482. The van der Waals surface area contributed by atoms with E-state index in [0.29, 0.717) is 5.92 Å². The second-order valence-electron chi connectivity index (χ2n) is 2.78. The fourth-order valence-electron chi connectivity index (χ4n) is 1.21. The zero-order chi connectivity index (χ0) is 11.7. The van der Waals surface area contributed by atoms with Crippen molar-refractivity contribution < 1.29 is 0 Å². The SMILES string of the molecule is CC.CC.CC1C=CC=c2[nH]cnc2=C1. The highest BCUT2D eigenvalue weighted by Crippen LogP contribution is 1.98. The fraction of sp³-hybridized carbons (Fsp3) is 0.462. The number of aromatic nitrogens is 2. The molecule has 0 aliphatic heterocycles. The van der Waals surface area contributed by atoms with Crippen molar-refractivity contribution in [3.8, 4) is 0 Å². The van der Waals surface area contributed by atoms with Gasteiger partial charge in [-0.15, -0.1) is 0 Å². The molecule has 2 heteroatoms. The lowest BCUT2D eigenvalue weighted by Gasteiger charge is -1.91. The number of aromatic amines is 1. The van der Waals surface area contributed by atoms with Gasteiger partial charge >= 0.3 is 0 Å². The molecule has 1 aromatic heterocycles. The summed E-state index contributed by atoms with van der Waals surface area (Å²) in [6.45, 7) is 10.1. The minimum atomic E-state index is 0.482. The van der Waals surface area contributed by atoms with E-state index in [1.165, 1.54) is 0 Å². The highest BCUT2D eigenvalue weighted by molar-refractivity contribution is 5.42. The molecule has 84 valence electrons. The van der Waals surface area contributed by atoms with Gasteiger partial charge < -0.3 is 4.98 Å². The molecule has 1 atom stereocenters. The first-order chi connectivity index (χ1) is 7.36. The average Bonchev–Trinajstić information content (AvgIpc) is 2.64. The van der Waals surface area contributed by atoms with Gasteiger partial charge in [0, 0.05) is 0 Å². The van der Waals surface area contributed by atoms with Crippen LogP contribution in [-0.2, 0) is 0 Å². The Balaban J connectivity index is 0.000000442. The van der Waals surface area contributed by atoms with Crippen molar-refractivity contribution in [1.82, 2.24) is 9.97 Å². The lowest BCUT2D eigenvalue weighted by atomic mass is 10.2. The van der Waals surface area contributed by atoms with Crippen LogP contribution in [0.1, 0.15) is 34.6 Å². The van der Waals surface area contributed by atoms with Crippen LogP contribution in [0.15, 0.2) is 18.5 Å². The predicted octanol–water partition coefficient (Wildman–Crippen LogP) is 2.23. The van der Waals surface area contributed by atoms with E-state index in [4.69, 9.17) is 0 Å². The third kappa shape index (κ3) is 4.15. The fourth-order valence-corrected chi connectivity index (χ4v) is 1.21. The van der Waals surface area contributed by atoms with Crippen molar-refractivity contribution in [1.29, 1.82) is 0 Å². The smallest absolute Gasteiger partial charge is 0.0931 e. The summed E-state index contributed by atoms with van der Waals surface area (Å²) in [4.78, 5) is 7.25. The Labute approximate surface area is 92.4 Å². The first kappa shape index (κ1) is 13.7. The second-order valence-corrected chi connectivity index (χ2v) is 2.78. The van der Waals surface area contributed by atoms with Crippen LogP contribution in [0.25, 0.3) is 12.2 Å². The first-order valence-corrected chi connectivity index (χ1v) is 5.76. The maximum absolute atomic E-state index is 4.18. The van der Waals surface area contributed by atoms with Crippen LogP contribution in [0.3, 0.4) is 0 Å². The minimum Gasteiger partial charge on any atom is -0.345 e. The highest BCUT2D eigenvalue weighted by atomic mass is 14.8. The molecule has 0 fully saturated rings. The lowest BCUT2D eigenvalue weighted by molar-refractivity contribution is 0.992. The molecule has 0 aromatic carbocycles. The van der Waals surface area contributed by atoms with Crippen LogP contribution >= 0.6 is 0 Å². The third-order valence-corrected chi connectivity index (χ3v) is 1.80. The number of allylic oxidation sites excluding steroid dienone is 2. The Kier molecular flexibility index (Phi) is 7.33. The topological polar surface area (TPSA) is 28.7 Å². The van der Waals surface area contributed by atoms with E-state index in [1.807, 2.05) is 33.8 Å². The molecule has 1 N–H and O–H groups in total. The van der Waals surface area contributed by atoms with Gasteiger partial charge in [-0.1, -0.05) is 46.8 Å². The molecular formula is C13H22N2. The molecule has 1 unspecified atom stereocenters. The maximum atomic E-state index is 4.18. The molecule has 0 radical (unpaired) electrons. The molecule has 2 rings (SSSR count). The van der Waals surface area contributed by atoms with Crippen LogP contribution < -0.4 is 10.7 Å². The zero-order valence-electron chi connectivity index (χ0n) is 10.4. The molecule has 15 heavy (non-hydrogen) atoms. The van der Waals surface area contributed by atoms with Crippen LogP contribution in [0.5, 0.6) is 0 Å². The van der Waals surface area contributed by atoms with Gasteiger partial charge in [0.2, 0.25) is 0 Å². The van der Waals surface area contributed by atoms with E-state index in [2.05, 4.69) is 35.1 Å². The van der Waals surface area contributed by atoms with Gasteiger partial charge in [-0.25, -0.2) is 4.98 Å². The number of imidazole rings is 1. The number of nitrogens with one attached hydrogen (secondary N) is 1. The molecule has 1 aliphatic rings. The third-order valence-electron chi connectivity index (χ3n) is 1.80. The van der Waals surface area contributed by atoms with Gasteiger partial charge in [0.05, 0.1) is 17.0 Å². The van der Waals surface area contributed by atoms with Gasteiger partial charge in [-0.2, -0.15) is 0 Å². The molecule has 1 aromatic rings. The quantitative estimate of drug-likeness (QED) is 0.693. The van der Waals surface area contributed by atoms with E-state index in [-0.39, 0.29) is 0 Å². The van der Waals surface area contributed by atoms with Crippen molar-refractivity contribution in [2.24, 2.45) is 5.92 Å². The van der Waals surface area contributed by atoms with Gasteiger partial charge in [0.1, 0.15) is 0 Å². The van der Waals surface area contributed by atoms with Gasteiger partial charge in [-0.3, -0.25) is 0 Å². The molecule has 0 spiro atoms. The van der Waals surface area contributed by atoms with Crippen molar-refractivity contribution in [3.63, 3.8) is 0 Å². The summed E-state index contributed by atoms with van der Waals surface area (Å²) in [5, 5.41) is 2.16. The van der Waals surface area contributed by atoms with Crippen LogP contribution in [-0.4, -0.2) is 9.97 Å².